The van der Waals surface area contributed by atoms with Crippen molar-refractivity contribution < 1.29 is 14.3 Å². The molecule has 1 aliphatic heterocycles. The Bertz CT molecular complexity index is 187. The Labute approximate surface area is 84.4 Å². The second-order valence-corrected chi connectivity index (χ2v) is 3.35. The van der Waals surface area contributed by atoms with E-state index < -0.39 is 0 Å². The number of hydrogen-bond donors (Lipinski definition) is 1. The number of urea groups is 1. The number of carbonyl (C=O) groups is 1. The van der Waals surface area contributed by atoms with Crippen LogP contribution in [0.25, 0.3) is 0 Å². The predicted octanol–water partition coefficient (Wildman–Crippen LogP) is 0.0631. The van der Waals surface area contributed by atoms with Crippen LogP contribution < -0.4 is 5.32 Å². The zero-order valence-corrected chi connectivity index (χ0v) is 8.78. The van der Waals surface area contributed by atoms with Gasteiger partial charge in [-0.2, -0.15) is 0 Å². The number of amides is 2. The van der Waals surface area contributed by atoms with Crippen LogP contribution in [0.1, 0.15) is 6.92 Å². The number of morpholine rings is 1. The average molecular weight is 202 g/mol. The van der Waals surface area contributed by atoms with Crippen LogP contribution in [0.15, 0.2) is 0 Å². The number of nitrogens with zero attached hydrogens (tertiary/aromatic N) is 1. The normalized spacial score (nSPS) is 22.1. The van der Waals surface area contributed by atoms with Gasteiger partial charge in [0.25, 0.3) is 0 Å². The van der Waals surface area contributed by atoms with Crippen molar-refractivity contribution in [3.8, 4) is 0 Å². The molecule has 0 saturated carbocycles. The number of methoxy groups -OCH3 is 1. The molecule has 1 aliphatic rings. The van der Waals surface area contributed by atoms with Crippen LogP contribution in [0.5, 0.6) is 0 Å². The smallest absolute Gasteiger partial charge is 0.317 e. The molecule has 14 heavy (non-hydrogen) atoms. The molecule has 0 radical (unpaired) electrons. The summed E-state index contributed by atoms with van der Waals surface area (Å²) in [5.41, 5.74) is 0. The molecular formula is C9H18N2O3. The fourth-order valence-corrected chi connectivity index (χ4v) is 1.37. The van der Waals surface area contributed by atoms with Gasteiger partial charge in [0.2, 0.25) is 0 Å². The summed E-state index contributed by atoms with van der Waals surface area (Å²) in [5.74, 6) is 0. The molecule has 0 aromatic carbocycles. The van der Waals surface area contributed by atoms with Gasteiger partial charge < -0.3 is 19.7 Å². The maximum Gasteiger partial charge on any atom is 0.317 e. The summed E-state index contributed by atoms with van der Waals surface area (Å²) in [6, 6.07) is -0.0304. The van der Waals surface area contributed by atoms with Crippen molar-refractivity contribution in [3.05, 3.63) is 0 Å². The largest absolute Gasteiger partial charge is 0.383 e. The summed E-state index contributed by atoms with van der Waals surface area (Å²) in [6.07, 6.45) is 0.136. The monoisotopic (exact) mass is 202 g/mol. The highest BCUT2D eigenvalue weighted by molar-refractivity contribution is 5.74. The Kier molecular flexibility index (Phi) is 4.69. The molecule has 0 aromatic heterocycles. The molecule has 1 heterocycles. The zero-order chi connectivity index (χ0) is 10.4. The number of carbonyl (C=O) groups excluding carboxylic acids is 1. The first-order chi connectivity index (χ1) is 6.74. The van der Waals surface area contributed by atoms with E-state index in [1.807, 2.05) is 6.92 Å². The van der Waals surface area contributed by atoms with E-state index in [2.05, 4.69) is 5.32 Å². The van der Waals surface area contributed by atoms with Gasteiger partial charge in [-0.3, -0.25) is 0 Å². The summed E-state index contributed by atoms with van der Waals surface area (Å²) in [4.78, 5) is 13.3. The predicted molar refractivity (Wildman–Crippen MR) is 52.3 cm³/mol. The topological polar surface area (TPSA) is 50.8 Å². The van der Waals surface area contributed by atoms with Gasteiger partial charge >= 0.3 is 6.03 Å². The van der Waals surface area contributed by atoms with E-state index in [0.29, 0.717) is 32.8 Å². The minimum Gasteiger partial charge on any atom is -0.383 e. The molecule has 1 rings (SSSR count). The van der Waals surface area contributed by atoms with E-state index in [9.17, 15) is 4.79 Å². The molecule has 5 heteroatoms. The molecule has 0 aliphatic carbocycles. The van der Waals surface area contributed by atoms with Crippen LogP contribution in [0.3, 0.4) is 0 Å². The molecule has 0 bridgehead atoms. The van der Waals surface area contributed by atoms with E-state index in [1.165, 1.54) is 0 Å². The molecule has 1 N–H and O–H groups in total. The van der Waals surface area contributed by atoms with Crippen molar-refractivity contribution in [1.29, 1.82) is 0 Å². The highest BCUT2D eigenvalue weighted by Gasteiger charge is 2.20. The Morgan fingerprint density at radius 1 is 1.71 bits per heavy atom. The van der Waals surface area contributed by atoms with Gasteiger partial charge in [0.1, 0.15) is 0 Å². The van der Waals surface area contributed by atoms with E-state index in [-0.39, 0.29) is 12.1 Å². The van der Waals surface area contributed by atoms with E-state index in [4.69, 9.17) is 9.47 Å². The van der Waals surface area contributed by atoms with Gasteiger partial charge in [-0.15, -0.1) is 0 Å². The lowest BCUT2D eigenvalue weighted by Crippen LogP contribution is -2.49. The zero-order valence-electron chi connectivity index (χ0n) is 8.78. The first-order valence-corrected chi connectivity index (χ1v) is 4.87. The Morgan fingerprint density at radius 2 is 2.50 bits per heavy atom. The minimum absolute atomic E-state index is 0.0304. The maximum atomic E-state index is 11.5. The molecule has 1 atom stereocenters. The molecule has 1 unspecified atom stereocenters. The lowest BCUT2D eigenvalue weighted by atomic mass is 10.3. The molecule has 0 spiro atoms. The van der Waals surface area contributed by atoms with Crippen molar-refractivity contribution in [2.24, 2.45) is 0 Å². The molecule has 82 valence electrons. The molecular weight excluding hydrogens is 184 g/mol. The summed E-state index contributed by atoms with van der Waals surface area (Å²) < 4.78 is 10.2. The number of hydrogen-bond acceptors (Lipinski definition) is 3. The first-order valence-electron chi connectivity index (χ1n) is 4.87. The summed E-state index contributed by atoms with van der Waals surface area (Å²) >= 11 is 0. The number of ether oxygens (including phenoxy) is 2. The number of rotatable bonds is 3. The fourth-order valence-electron chi connectivity index (χ4n) is 1.37. The van der Waals surface area contributed by atoms with Crippen LogP contribution in [0, 0.1) is 0 Å². The van der Waals surface area contributed by atoms with Crippen molar-refractivity contribution >= 4 is 6.03 Å². The van der Waals surface area contributed by atoms with E-state index in [1.54, 1.807) is 12.0 Å². The first kappa shape index (κ1) is 11.3. The molecule has 5 nitrogen and oxygen atoms in total. The van der Waals surface area contributed by atoms with Crippen LogP contribution >= 0.6 is 0 Å². The van der Waals surface area contributed by atoms with Gasteiger partial charge in [-0.25, -0.2) is 4.79 Å². The second-order valence-electron chi connectivity index (χ2n) is 3.35. The minimum atomic E-state index is -0.0304. The van der Waals surface area contributed by atoms with Gasteiger partial charge in [0.15, 0.2) is 0 Å². The third-order valence-electron chi connectivity index (χ3n) is 2.11. The van der Waals surface area contributed by atoms with Crippen molar-refractivity contribution in [1.82, 2.24) is 10.2 Å². The third-order valence-corrected chi connectivity index (χ3v) is 2.11. The SMILES string of the molecule is COCCNC(=O)N1CCOC(C)C1. The standard InChI is InChI=1S/C9H18N2O3/c1-8-7-11(4-6-14-8)9(12)10-3-5-13-2/h8H,3-7H2,1-2H3,(H,10,12). The maximum absolute atomic E-state index is 11.5. The Hall–Kier alpha value is -0.810. The lowest BCUT2D eigenvalue weighted by Gasteiger charge is -2.31. The third kappa shape index (κ3) is 3.51. The summed E-state index contributed by atoms with van der Waals surface area (Å²) in [5, 5.41) is 2.78. The van der Waals surface area contributed by atoms with Crippen LogP contribution in [-0.2, 0) is 9.47 Å². The molecule has 2 amide bonds. The van der Waals surface area contributed by atoms with Gasteiger partial charge in [-0.1, -0.05) is 0 Å². The van der Waals surface area contributed by atoms with Gasteiger partial charge in [0, 0.05) is 26.7 Å². The van der Waals surface area contributed by atoms with Crippen molar-refractivity contribution in [2.75, 3.05) is 40.0 Å². The Morgan fingerprint density at radius 3 is 3.14 bits per heavy atom. The van der Waals surface area contributed by atoms with Crippen LogP contribution in [0.2, 0.25) is 0 Å². The highest BCUT2D eigenvalue weighted by atomic mass is 16.5. The van der Waals surface area contributed by atoms with Crippen molar-refractivity contribution in [3.63, 3.8) is 0 Å². The fraction of sp³-hybridized carbons (Fsp3) is 0.889. The van der Waals surface area contributed by atoms with Crippen LogP contribution in [0.4, 0.5) is 4.79 Å². The summed E-state index contributed by atoms with van der Waals surface area (Å²) in [7, 11) is 1.61. The average Bonchev–Trinajstić information content (AvgIpc) is 2.18. The van der Waals surface area contributed by atoms with Crippen LogP contribution in [-0.4, -0.2) is 57.0 Å². The second kappa shape index (κ2) is 5.82. The Balaban J connectivity index is 2.22. The van der Waals surface area contributed by atoms with Crippen molar-refractivity contribution in [2.45, 2.75) is 13.0 Å². The molecule has 0 aromatic rings. The lowest BCUT2D eigenvalue weighted by molar-refractivity contribution is -0.00362. The van der Waals surface area contributed by atoms with Gasteiger partial charge in [-0.05, 0) is 6.92 Å². The van der Waals surface area contributed by atoms with E-state index >= 15 is 0 Å². The number of nitrogens with one attached hydrogen (secondary N) is 1. The van der Waals surface area contributed by atoms with Gasteiger partial charge in [0.05, 0.1) is 19.3 Å². The molecule has 1 fully saturated rings. The quantitative estimate of drug-likeness (QED) is 0.659. The highest BCUT2D eigenvalue weighted by Crippen LogP contribution is 2.03. The molecule has 1 saturated heterocycles. The van der Waals surface area contributed by atoms with E-state index in [0.717, 1.165) is 0 Å². The summed E-state index contributed by atoms with van der Waals surface area (Å²) in [6.45, 7) is 5.03.